The predicted octanol–water partition coefficient (Wildman–Crippen LogP) is 4.15. The Bertz CT molecular complexity index is 959. The third kappa shape index (κ3) is 3.52. The van der Waals surface area contributed by atoms with E-state index < -0.39 is 17.4 Å². The molecule has 4 rings (SSSR count). The molecular formula is C24H24N2O4. The van der Waals surface area contributed by atoms with Crippen LogP contribution in [0.25, 0.3) is 0 Å². The van der Waals surface area contributed by atoms with E-state index in [1.54, 1.807) is 7.05 Å². The third-order valence-corrected chi connectivity index (χ3v) is 6.16. The third-order valence-electron chi connectivity index (χ3n) is 6.16. The standard InChI is InChI=1S/C24H24N2O4/c1-26(24(16-25)13-7-2-8-14-24)21(27)15-29-23(28)22-17-9-3-5-11-19(17)30-20-12-6-4-10-18(20)22/h3-6,9-12,22H,2,7-8,13-15H2,1H3. The van der Waals surface area contributed by atoms with E-state index in [2.05, 4.69) is 6.07 Å². The topological polar surface area (TPSA) is 79.6 Å². The van der Waals surface area contributed by atoms with Crippen LogP contribution in [0, 0.1) is 11.3 Å². The summed E-state index contributed by atoms with van der Waals surface area (Å²) in [6.45, 7) is -0.388. The van der Waals surface area contributed by atoms with Crippen molar-refractivity contribution in [2.75, 3.05) is 13.7 Å². The van der Waals surface area contributed by atoms with Crippen molar-refractivity contribution in [2.45, 2.75) is 43.6 Å². The number of hydrogen-bond acceptors (Lipinski definition) is 5. The Balaban J connectivity index is 1.51. The molecule has 0 atom stereocenters. The molecule has 1 aliphatic heterocycles. The Morgan fingerprint density at radius 2 is 1.63 bits per heavy atom. The SMILES string of the molecule is CN(C(=O)COC(=O)C1c2ccccc2Oc2ccccc21)C1(C#N)CCCCC1. The molecule has 0 radical (unpaired) electrons. The minimum absolute atomic E-state index is 0.361. The normalized spacial score (nSPS) is 16.9. The molecule has 1 amide bonds. The van der Waals surface area contributed by atoms with Crippen molar-refractivity contribution in [1.82, 2.24) is 4.90 Å². The fourth-order valence-corrected chi connectivity index (χ4v) is 4.37. The molecule has 1 saturated carbocycles. The largest absolute Gasteiger partial charge is 0.457 e. The summed E-state index contributed by atoms with van der Waals surface area (Å²) in [5.41, 5.74) is 0.616. The lowest BCUT2D eigenvalue weighted by Gasteiger charge is -2.38. The predicted molar refractivity (Wildman–Crippen MR) is 110 cm³/mol. The molecule has 0 aromatic heterocycles. The lowest BCUT2D eigenvalue weighted by Crippen LogP contribution is -2.51. The zero-order chi connectivity index (χ0) is 21.1. The van der Waals surface area contributed by atoms with Crippen molar-refractivity contribution < 1.29 is 19.1 Å². The second-order valence-corrected chi connectivity index (χ2v) is 7.88. The molecule has 1 aliphatic carbocycles. The quantitative estimate of drug-likeness (QED) is 0.715. The zero-order valence-electron chi connectivity index (χ0n) is 17.0. The molecule has 0 saturated heterocycles. The van der Waals surface area contributed by atoms with Crippen LogP contribution in [0.2, 0.25) is 0 Å². The molecule has 1 fully saturated rings. The molecule has 1 heterocycles. The molecule has 0 bridgehead atoms. The van der Waals surface area contributed by atoms with Gasteiger partial charge in [0.15, 0.2) is 6.61 Å². The summed E-state index contributed by atoms with van der Waals surface area (Å²) < 4.78 is 11.4. The van der Waals surface area contributed by atoms with Gasteiger partial charge in [-0.3, -0.25) is 9.59 Å². The fourth-order valence-electron chi connectivity index (χ4n) is 4.37. The minimum Gasteiger partial charge on any atom is -0.457 e. The first-order chi connectivity index (χ1) is 14.6. The van der Waals surface area contributed by atoms with Gasteiger partial charge >= 0.3 is 5.97 Å². The van der Waals surface area contributed by atoms with Crippen molar-refractivity contribution >= 4 is 11.9 Å². The van der Waals surface area contributed by atoms with Crippen LogP contribution >= 0.6 is 0 Å². The van der Waals surface area contributed by atoms with E-state index in [1.807, 2.05) is 48.5 Å². The second-order valence-electron chi connectivity index (χ2n) is 7.88. The van der Waals surface area contributed by atoms with Gasteiger partial charge < -0.3 is 14.4 Å². The number of nitrogens with zero attached hydrogens (tertiary/aromatic N) is 2. The lowest BCUT2D eigenvalue weighted by atomic mass is 9.81. The molecule has 2 aromatic rings. The highest BCUT2D eigenvalue weighted by atomic mass is 16.5. The summed E-state index contributed by atoms with van der Waals surface area (Å²) in [5, 5.41) is 9.70. The number of carbonyl (C=O) groups excluding carboxylic acids is 2. The minimum atomic E-state index is -0.806. The number of ether oxygens (including phenoxy) is 2. The molecule has 0 spiro atoms. The van der Waals surface area contributed by atoms with Gasteiger partial charge in [0, 0.05) is 18.2 Å². The Morgan fingerprint density at radius 3 is 2.20 bits per heavy atom. The van der Waals surface area contributed by atoms with Crippen LogP contribution in [0.5, 0.6) is 11.5 Å². The van der Waals surface area contributed by atoms with E-state index in [-0.39, 0.29) is 12.5 Å². The van der Waals surface area contributed by atoms with Gasteiger partial charge in [-0.2, -0.15) is 5.26 Å². The number of rotatable bonds is 4. The fraction of sp³-hybridized carbons (Fsp3) is 0.375. The molecule has 0 unspecified atom stereocenters. The summed E-state index contributed by atoms with van der Waals surface area (Å²) in [7, 11) is 1.63. The van der Waals surface area contributed by atoms with Crippen LogP contribution in [0.3, 0.4) is 0 Å². The number of nitriles is 1. The van der Waals surface area contributed by atoms with Gasteiger partial charge in [0.05, 0.1) is 6.07 Å². The van der Waals surface area contributed by atoms with Crippen LogP contribution in [0.15, 0.2) is 48.5 Å². The number of carbonyl (C=O) groups is 2. The summed E-state index contributed by atoms with van der Waals surface area (Å²) in [5.74, 6) is -0.321. The van der Waals surface area contributed by atoms with Crippen LogP contribution < -0.4 is 4.74 Å². The Labute approximate surface area is 176 Å². The van der Waals surface area contributed by atoms with Gasteiger partial charge in [-0.1, -0.05) is 55.7 Å². The highest BCUT2D eigenvalue weighted by Crippen LogP contribution is 2.44. The molecule has 0 N–H and O–H groups in total. The van der Waals surface area contributed by atoms with Gasteiger partial charge in [-0.15, -0.1) is 0 Å². The van der Waals surface area contributed by atoms with Crippen molar-refractivity contribution in [3.05, 3.63) is 59.7 Å². The molecule has 30 heavy (non-hydrogen) atoms. The van der Waals surface area contributed by atoms with Crippen LogP contribution in [0.1, 0.15) is 49.1 Å². The average Bonchev–Trinajstić information content (AvgIpc) is 2.80. The highest BCUT2D eigenvalue weighted by molar-refractivity contribution is 5.88. The Hall–Kier alpha value is -3.33. The highest BCUT2D eigenvalue weighted by Gasteiger charge is 2.40. The van der Waals surface area contributed by atoms with Crippen molar-refractivity contribution in [2.24, 2.45) is 0 Å². The maximum absolute atomic E-state index is 13.1. The number of esters is 1. The van der Waals surface area contributed by atoms with E-state index in [4.69, 9.17) is 9.47 Å². The molecule has 2 aliphatic rings. The van der Waals surface area contributed by atoms with Gasteiger partial charge in [0.25, 0.3) is 5.91 Å². The van der Waals surface area contributed by atoms with E-state index in [9.17, 15) is 14.9 Å². The number of hydrogen-bond donors (Lipinski definition) is 0. The van der Waals surface area contributed by atoms with Gasteiger partial charge in [-0.05, 0) is 25.0 Å². The average molecular weight is 404 g/mol. The van der Waals surface area contributed by atoms with Gasteiger partial charge in [0.2, 0.25) is 0 Å². The number of likely N-dealkylation sites (N-methyl/N-ethyl adjacent to an activating group) is 1. The maximum Gasteiger partial charge on any atom is 0.318 e. The van der Waals surface area contributed by atoms with Crippen LogP contribution in [-0.2, 0) is 14.3 Å². The van der Waals surface area contributed by atoms with Crippen molar-refractivity contribution in [3.63, 3.8) is 0 Å². The molecule has 2 aromatic carbocycles. The Kier molecular flexibility index (Phi) is 5.45. The van der Waals surface area contributed by atoms with Crippen molar-refractivity contribution in [3.8, 4) is 17.6 Å². The first kappa shape index (κ1) is 20.0. The van der Waals surface area contributed by atoms with Crippen molar-refractivity contribution in [1.29, 1.82) is 5.26 Å². The van der Waals surface area contributed by atoms with Crippen LogP contribution in [-0.4, -0.2) is 36.0 Å². The molecule has 6 nitrogen and oxygen atoms in total. The number of para-hydroxylation sites is 2. The molecule has 6 heteroatoms. The summed E-state index contributed by atoms with van der Waals surface area (Å²) in [4.78, 5) is 27.3. The summed E-state index contributed by atoms with van der Waals surface area (Å²) >= 11 is 0. The van der Waals surface area contributed by atoms with E-state index >= 15 is 0 Å². The summed E-state index contributed by atoms with van der Waals surface area (Å²) in [6, 6.07) is 17.0. The van der Waals surface area contributed by atoms with E-state index in [0.29, 0.717) is 35.5 Å². The number of benzene rings is 2. The monoisotopic (exact) mass is 404 g/mol. The first-order valence-electron chi connectivity index (χ1n) is 10.3. The zero-order valence-corrected chi connectivity index (χ0v) is 17.0. The van der Waals surface area contributed by atoms with E-state index in [0.717, 1.165) is 19.3 Å². The Morgan fingerprint density at radius 1 is 1.07 bits per heavy atom. The summed E-state index contributed by atoms with van der Waals surface area (Å²) in [6.07, 6.45) is 4.21. The van der Waals surface area contributed by atoms with Crippen LogP contribution in [0.4, 0.5) is 0 Å². The lowest BCUT2D eigenvalue weighted by molar-refractivity contribution is -0.154. The molecule has 154 valence electrons. The van der Waals surface area contributed by atoms with E-state index in [1.165, 1.54) is 4.90 Å². The van der Waals surface area contributed by atoms with Gasteiger partial charge in [0.1, 0.15) is 23.0 Å². The number of amides is 1. The number of fused-ring (bicyclic) bond motifs is 2. The van der Waals surface area contributed by atoms with Gasteiger partial charge in [-0.25, -0.2) is 0 Å². The maximum atomic E-state index is 13.1. The molecular weight excluding hydrogens is 380 g/mol. The smallest absolute Gasteiger partial charge is 0.318 e. The second kappa shape index (κ2) is 8.19. The first-order valence-corrected chi connectivity index (χ1v) is 10.3.